The molecule has 2 N–H and O–H groups in total. The molecular weight excluding hydrogens is 252 g/mol. The molecule has 0 atom stereocenters. The van der Waals surface area contributed by atoms with Crippen molar-refractivity contribution in [1.82, 2.24) is 20.7 Å². The Labute approximate surface area is 119 Å². The van der Waals surface area contributed by atoms with Crippen molar-refractivity contribution in [3.8, 4) is 11.3 Å². The Morgan fingerprint density at radius 1 is 1.20 bits per heavy atom. The summed E-state index contributed by atoms with van der Waals surface area (Å²) in [6.45, 7) is 6.53. The number of hydrogen-bond acceptors (Lipinski definition) is 4. The van der Waals surface area contributed by atoms with Crippen LogP contribution in [0.25, 0.3) is 11.3 Å². The van der Waals surface area contributed by atoms with Crippen molar-refractivity contribution in [1.29, 1.82) is 0 Å². The van der Waals surface area contributed by atoms with Gasteiger partial charge in [0.05, 0.1) is 13.2 Å². The number of hydrogen-bond donors (Lipinski definition) is 2. The summed E-state index contributed by atoms with van der Waals surface area (Å²) >= 11 is 0. The van der Waals surface area contributed by atoms with E-state index < -0.39 is 0 Å². The predicted molar refractivity (Wildman–Crippen MR) is 79.2 cm³/mol. The van der Waals surface area contributed by atoms with Crippen LogP contribution in [0.4, 0.5) is 0 Å². The lowest BCUT2D eigenvalue weighted by molar-refractivity contribution is 0.140. The fraction of sp³-hybridized carbons (Fsp3) is 0.333. The first-order valence-electron chi connectivity index (χ1n) is 6.76. The maximum atomic E-state index is 5.43. The van der Waals surface area contributed by atoms with E-state index in [1.54, 1.807) is 0 Å². The van der Waals surface area contributed by atoms with Gasteiger partial charge in [-0.25, -0.2) is 0 Å². The normalized spacial score (nSPS) is 10.6. The minimum atomic E-state index is 0.672. The summed E-state index contributed by atoms with van der Waals surface area (Å²) in [5.74, 6) is 0. The van der Waals surface area contributed by atoms with Crippen molar-refractivity contribution in [3.05, 3.63) is 48.7 Å². The van der Waals surface area contributed by atoms with Crippen LogP contribution in [-0.2, 0) is 11.3 Å². The number of benzene rings is 1. The van der Waals surface area contributed by atoms with E-state index in [-0.39, 0.29) is 0 Å². The minimum absolute atomic E-state index is 0.672. The average Bonchev–Trinajstić information content (AvgIpc) is 2.96. The van der Waals surface area contributed by atoms with E-state index in [0.29, 0.717) is 13.2 Å². The lowest BCUT2D eigenvalue weighted by Gasteiger charge is -2.05. The summed E-state index contributed by atoms with van der Waals surface area (Å²) in [6, 6.07) is 10.0. The van der Waals surface area contributed by atoms with Gasteiger partial charge in [0, 0.05) is 18.7 Å². The molecule has 0 aliphatic heterocycles. The largest absolute Gasteiger partial charge is 0.380 e. The van der Waals surface area contributed by atoms with Gasteiger partial charge in [-0.2, -0.15) is 15.4 Å². The van der Waals surface area contributed by atoms with Crippen LogP contribution < -0.4 is 5.32 Å². The molecule has 5 heteroatoms. The highest BCUT2D eigenvalue weighted by Crippen LogP contribution is 2.18. The van der Waals surface area contributed by atoms with Crippen LogP contribution in [0, 0.1) is 0 Å². The summed E-state index contributed by atoms with van der Waals surface area (Å²) in [6.07, 6.45) is 2.75. The number of rotatable bonds is 9. The molecule has 0 radical (unpaired) electrons. The van der Waals surface area contributed by atoms with Crippen LogP contribution in [-0.4, -0.2) is 35.2 Å². The molecular formula is C15H20N4O. The van der Waals surface area contributed by atoms with E-state index in [1.807, 2.05) is 36.4 Å². The quantitative estimate of drug-likeness (QED) is 0.542. The number of nitrogens with zero attached hydrogens (tertiary/aromatic N) is 2. The van der Waals surface area contributed by atoms with Gasteiger partial charge >= 0.3 is 0 Å². The zero-order valence-corrected chi connectivity index (χ0v) is 11.5. The standard InChI is InChI=1S/C15H20N4O/c1-2-3-10-20-11-9-16-12-14-15(18-19-17-14)13-7-5-4-6-8-13/h2,4-8,16H,1,3,9-12H2,(H,17,18,19). The van der Waals surface area contributed by atoms with E-state index in [9.17, 15) is 0 Å². The van der Waals surface area contributed by atoms with Gasteiger partial charge < -0.3 is 10.1 Å². The summed E-state index contributed by atoms with van der Waals surface area (Å²) in [5, 5.41) is 14.4. The topological polar surface area (TPSA) is 62.8 Å². The van der Waals surface area contributed by atoms with Gasteiger partial charge in [0.25, 0.3) is 0 Å². The molecule has 0 amide bonds. The third-order valence-corrected chi connectivity index (χ3v) is 2.85. The first-order chi connectivity index (χ1) is 9.92. The van der Waals surface area contributed by atoms with Crippen LogP contribution in [0.3, 0.4) is 0 Å². The molecule has 1 aromatic heterocycles. The maximum Gasteiger partial charge on any atom is 0.117 e. The molecule has 0 fully saturated rings. The molecule has 0 unspecified atom stereocenters. The molecule has 20 heavy (non-hydrogen) atoms. The van der Waals surface area contributed by atoms with Crippen LogP contribution >= 0.6 is 0 Å². The molecule has 2 rings (SSSR count). The molecule has 0 bridgehead atoms. The first-order valence-corrected chi connectivity index (χ1v) is 6.76. The summed E-state index contributed by atoms with van der Waals surface area (Å²) in [5.41, 5.74) is 2.88. The minimum Gasteiger partial charge on any atom is -0.380 e. The van der Waals surface area contributed by atoms with Gasteiger partial charge in [0.1, 0.15) is 11.4 Å². The van der Waals surface area contributed by atoms with Gasteiger partial charge in [-0.15, -0.1) is 6.58 Å². The Morgan fingerprint density at radius 3 is 2.85 bits per heavy atom. The molecule has 1 aromatic carbocycles. The van der Waals surface area contributed by atoms with E-state index in [2.05, 4.69) is 27.3 Å². The number of ether oxygens (including phenoxy) is 1. The van der Waals surface area contributed by atoms with Crippen molar-refractivity contribution in [3.63, 3.8) is 0 Å². The van der Waals surface area contributed by atoms with Crippen molar-refractivity contribution >= 4 is 0 Å². The molecule has 0 aliphatic rings. The maximum absolute atomic E-state index is 5.43. The molecule has 0 spiro atoms. The Morgan fingerprint density at radius 2 is 2.05 bits per heavy atom. The second-order valence-electron chi connectivity index (χ2n) is 4.35. The SMILES string of the molecule is C=CCCOCCNCc1n[nH]nc1-c1ccccc1. The van der Waals surface area contributed by atoms with Gasteiger partial charge in [0.15, 0.2) is 0 Å². The molecule has 0 saturated carbocycles. The molecule has 0 saturated heterocycles. The summed E-state index contributed by atoms with van der Waals surface area (Å²) in [7, 11) is 0. The van der Waals surface area contributed by atoms with Gasteiger partial charge in [0.2, 0.25) is 0 Å². The van der Waals surface area contributed by atoms with E-state index >= 15 is 0 Å². The van der Waals surface area contributed by atoms with Crippen molar-refractivity contribution in [2.75, 3.05) is 19.8 Å². The second kappa shape index (κ2) is 8.24. The zero-order chi connectivity index (χ0) is 14.0. The molecule has 0 aliphatic carbocycles. The fourth-order valence-corrected chi connectivity index (χ4v) is 1.82. The smallest absolute Gasteiger partial charge is 0.117 e. The monoisotopic (exact) mass is 272 g/mol. The van der Waals surface area contributed by atoms with Crippen LogP contribution in [0.5, 0.6) is 0 Å². The van der Waals surface area contributed by atoms with Crippen molar-refractivity contribution in [2.45, 2.75) is 13.0 Å². The van der Waals surface area contributed by atoms with Gasteiger partial charge in [-0.1, -0.05) is 36.4 Å². The van der Waals surface area contributed by atoms with E-state index in [0.717, 1.165) is 36.5 Å². The number of aromatic amines is 1. The van der Waals surface area contributed by atoms with Crippen molar-refractivity contribution < 1.29 is 4.74 Å². The zero-order valence-electron chi connectivity index (χ0n) is 11.5. The first kappa shape index (κ1) is 14.4. The highest BCUT2D eigenvalue weighted by atomic mass is 16.5. The Hall–Kier alpha value is -1.98. The van der Waals surface area contributed by atoms with Gasteiger partial charge in [-0.05, 0) is 6.42 Å². The Kier molecular flexibility index (Phi) is 5.95. The fourth-order valence-electron chi connectivity index (χ4n) is 1.82. The van der Waals surface area contributed by atoms with Crippen molar-refractivity contribution in [2.24, 2.45) is 0 Å². The lowest BCUT2D eigenvalue weighted by Crippen LogP contribution is -2.20. The number of aromatic nitrogens is 3. The third kappa shape index (κ3) is 4.29. The molecule has 5 nitrogen and oxygen atoms in total. The highest BCUT2D eigenvalue weighted by molar-refractivity contribution is 5.60. The van der Waals surface area contributed by atoms with Crippen LogP contribution in [0.1, 0.15) is 12.1 Å². The Bertz CT molecular complexity index is 510. The summed E-state index contributed by atoms with van der Waals surface area (Å²) < 4.78 is 5.43. The van der Waals surface area contributed by atoms with Crippen LogP contribution in [0.15, 0.2) is 43.0 Å². The van der Waals surface area contributed by atoms with Gasteiger partial charge in [-0.3, -0.25) is 0 Å². The second-order valence-corrected chi connectivity index (χ2v) is 4.35. The van der Waals surface area contributed by atoms with Crippen LogP contribution in [0.2, 0.25) is 0 Å². The third-order valence-electron chi connectivity index (χ3n) is 2.85. The summed E-state index contributed by atoms with van der Waals surface area (Å²) in [4.78, 5) is 0. The lowest BCUT2D eigenvalue weighted by atomic mass is 10.1. The highest BCUT2D eigenvalue weighted by Gasteiger charge is 2.08. The number of H-pyrrole nitrogens is 1. The van der Waals surface area contributed by atoms with E-state index in [4.69, 9.17) is 4.74 Å². The molecule has 106 valence electrons. The Balaban J connectivity index is 1.77. The average molecular weight is 272 g/mol. The number of nitrogens with one attached hydrogen (secondary N) is 2. The molecule has 2 aromatic rings. The predicted octanol–water partition coefficient (Wildman–Crippen LogP) is 2.15. The van der Waals surface area contributed by atoms with E-state index in [1.165, 1.54) is 0 Å². The molecule has 1 heterocycles.